The van der Waals surface area contributed by atoms with Crippen LogP contribution in [-0.2, 0) is 4.74 Å². The van der Waals surface area contributed by atoms with Crippen LogP contribution in [-0.4, -0.2) is 37.8 Å². The van der Waals surface area contributed by atoms with E-state index < -0.39 is 0 Å². The van der Waals surface area contributed by atoms with Crippen molar-refractivity contribution in [2.75, 3.05) is 43.1 Å². The molecule has 1 aromatic heterocycles. The molecule has 2 fully saturated rings. The fraction of sp³-hybridized carbons (Fsp3) is 0.643. The molecule has 2 aliphatic rings. The third kappa shape index (κ3) is 2.29. The van der Waals surface area contributed by atoms with Gasteiger partial charge in [0.1, 0.15) is 0 Å². The lowest BCUT2D eigenvalue weighted by Crippen LogP contribution is -2.45. The lowest BCUT2D eigenvalue weighted by atomic mass is 9.89. The Morgan fingerprint density at radius 3 is 2.83 bits per heavy atom. The summed E-state index contributed by atoms with van der Waals surface area (Å²) in [6.07, 6.45) is 4.44. The summed E-state index contributed by atoms with van der Waals surface area (Å²) >= 11 is 0. The Kier molecular flexibility index (Phi) is 3.12. The maximum Gasteiger partial charge on any atom is 0.151 e. The Morgan fingerprint density at radius 1 is 1.39 bits per heavy atom. The number of nitrogens with one attached hydrogen (secondary N) is 1. The molecule has 0 radical (unpaired) electrons. The van der Waals surface area contributed by atoms with Gasteiger partial charge in [0.15, 0.2) is 5.82 Å². The molecule has 1 N–H and O–H groups in total. The third-order valence-corrected chi connectivity index (χ3v) is 3.80. The van der Waals surface area contributed by atoms with Crippen molar-refractivity contribution >= 4 is 11.5 Å². The molecule has 98 valence electrons. The number of pyridine rings is 1. The first-order valence-electron chi connectivity index (χ1n) is 6.78. The Labute approximate surface area is 108 Å². The van der Waals surface area contributed by atoms with Crippen molar-refractivity contribution in [2.24, 2.45) is 5.41 Å². The van der Waals surface area contributed by atoms with Gasteiger partial charge >= 0.3 is 0 Å². The van der Waals surface area contributed by atoms with Gasteiger partial charge in [0.25, 0.3) is 0 Å². The van der Waals surface area contributed by atoms with E-state index in [-0.39, 0.29) is 5.41 Å². The Morgan fingerprint density at radius 2 is 2.17 bits per heavy atom. The van der Waals surface area contributed by atoms with Gasteiger partial charge in [-0.3, -0.25) is 0 Å². The highest BCUT2D eigenvalue weighted by molar-refractivity contribution is 5.65. The standard InChI is InChI=1S/C14H21N3O/c1-14(10-18-11-14)9-16-12-5-4-6-15-13(12)17-7-2-3-8-17/h4-6,16H,2-3,7-11H2,1H3. The molecule has 18 heavy (non-hydrogen) atoms. The fourth-order valence-corrected chi connectivity index (χ4v) is 2.58. The second kappa shape index (κ2) is 4.76. The predicted octanol–water partition coefficient (Wildman–Crippen LogP) is 2.13. The van der Waals surface area contributed by atoms with E-state index in [1.807, 2.05) is 12.3 Å². The van der Waals surface area contributed by atoms with E-state index in [1.165, 1.54) is 12.8 Å². The molecule has 0 aliphatic carbocycles. The zero-order valence-corrected chi connectivity index (χ0v) is 11.0. The molecule has 0 aromatic carbocycles. The molecular weight excluding hydrogens is 226 g/mol. The first-order valence-corrected chi connectivity index (χ1v) is 6.78. The van der Waals surface area contributed by atoms with Gasteiger partial charge in [-0.15, -0.1) is 0 Å². The van der Waals surface area contributed by atoms with E-state index in [2.05, 4.69) is 28.2 Å². The zero-order chi connectivity index (χ0) is 12.4. The van der Waals surface area contributed by atoms with Gasteiger partial charge in [-0.2, -0.15) is 0 Å². The number of hydrogen-bond donors (Lipinski definition) is 1. The molecule has 3 rings (SSSR count). The average molecular weight is 247 g/mol. The monoisotopic (exact) mass is 247 g/mol. The van der Waals surface area contributed by atoms with Crippen molar-refractivity contribution in [3.63, 3.8) is 0 Å². The summed E-state index contributed by atoms with van der Waals surface area (Å²) in [5.74, 6) is 1.11. The van der Waals surface area contributed by atoms with Crippen molar-refractivity contribution in [3.8, 4) is 0 Å². The van der Waals surface area contributed by atoms with Crippen LogP contribution in [0.5, 0.6) is 0 Å². The van der Waals surface area contributed by atoms with Gasteiger partial charge in [-0.25, -0.2) is 4.98 Å². The quantitative estimate of drug-likeness (QED) is 0.884. The molecule has 0 saturated carbocycles. The summed E-state index contributed by atoms with van der Waals surface area (Å²) in [4.78, 5) is 6.91. The molecule has 2 aliphatic heterocycles. The topological polar surface area (TPSA) is 37.4 Å². The minimum Gasteiger partial charge on any atom is -0.381 e. The summed E-state index contributed by atoms with van der Waals surface area (Å²) in [5, 5.41) is 3.55. The Bertz CT molecular complexity index is 411. The molecule has 0 atom stereocenters. The first kappa shape index (κ1) is 11.8. The normalized spacial score (nSPS) is 21.7. The minimum atomic E-state index is 0.290. The summed E-state index contributed by atoms with van der Waals surface area (Å²) < 4.78 is 5.29. The first-order chi connectivity index (χ1) is 8.77. The third-order valence-electron chi connectivity index (χ3n) is 3.80. The van der Waals surface area contributed by atoms with Crippen molar-refractivity contribution in [1.29, 1.82) is 0 Å². The number of rotatable bonds is 4. The number of anilines is 2. The predicted molar refractivity (Wildman–Crippen MR) is 73.1 cm³/mol. The molecule has 0 spiro atoms. The van der Waals surface area contributed by atoms with Crippen LogP contribution < -0.4 is 10.2 Å². The van der Waals surface area contributed by atoms with Crippen LogP contribution in [0.2, 0.25) is 0 Å². The molecule has 2 saturated heterocycles. The average Bonchev–Trinajstić information content (AvgIpc) is 2.88. The van der Waals surface area contributed by atoms with E-state index in [1.54, 1.807) is 0 Å². The van der Waals surface area contributed by atoms with Crippen LogP contribution in [0.3, 0.4) is 0 Å². The summed E-state index contributed by atoms with van der Waals surface area (Å²) in [6, 6.07) is 4.13. The SMILES string of the molecule is CC1(CNc2cccnc2N2CCCC2)COC1. The molecule has 0 amide bonds. The van der Waals surface area contributed by atoms with Crippen molar-refractivity contribution < 1.29 is 4.74 Å². The maximum absolute atomic E-state index is 5.29. The molecule has 1 aromatic rings. The molecule has 3 heterocycles. The van der Waals surface area contributed by atoms with Crippen LogP contribution in [0.4, 0.5) is 11.5 Å². The van der Waals surface area contributed by atoms with Gasteiger partial charge in [0, 0.05) is 31.2 Å². The Balaban J connectivity index is 1.70. The van der Waals surface area contributed by atoms with Gasteiger partial charge in [0.2, 0.25) is 0 Å². The van der Waals surface area contributed by atoms with E-state index in [4.69, 9.17) is 4.74 Å². The van der Waals surface area contributed by atoms with Crippen molar-refractivity contribution in [2.45, 2.75) is 19.8 Å². The summed E-state index contributed by atoms with van der Waals surface area (Å²) in [6.45, 7) is 7.20. The molecule has 4 heteroatoms. The lowest BCUT2D eigenvalue weighted by Gasteiger charge is -2.38. The van der Waals surface area contributed by atoms with Crippen LogP contribution in [0.15, 0.2) is 18.3 Å². The van der Waals surface area contributed by atoms with E-state index >= 15 is 0 Å². The summed E-state index contributed by atoms with van der Waals surface area (Å²) in [7, 11) is 0. The van der Waals surface area contributed by atoms with Crippen molar-refractivity contribution in [3.05, 3.63) is 18.3 Å². The minimum absolute atomic E-state index is 0.290. The number of nitrogens with zero attached hydrogens (tertiary/aromatic N) is 2. The largest absolute Gasteiger partial charge is 0.381 e. The highest BCUT2D eigenvalue weighted by Crippen LogP contribution is 2.30. The van der Waals surface area contributed by atoms with Crippen LogP contribution in [0, 0.1) is 5.41 Å². The van der Waals surface area contributed by atoms with Crippen LogP contribution >= 0.6 is 0 Å². The van der Waals surface area contributed by atoms with E-state index in [0.717, 1.165) is 44.4 Å². The molecule has 0 bridgehead atoms. The van der Waals surface area contributed by atoms with Gasteiger partial charge in [0.05, 0.1) is 18.9 Å². The van der Waals surface area contributed by atoms with Crippen LogP contribution in [0.1, 0.15) is 19.8 Å². The highest BCUT2D eigenvalue weighted by Gasteiger charge is 2.33. The van der Waals surface area contributed by atoms with Crippen LogP contribution in [0.25, 0.3) is 0 Å². The highest BCUT2D eigenvalue weighted by atomic mass is 16.5. The molecular formula is C14H21N3O. The Hall–Kier alpha value is -1.29. The second-order valence-electron chi connectivity index (χ2n) is 5.73. The fourth-order valence-electron chi connectivity index (χ4n) is 2.58. The maximum atomic E-state index is 5.29. The van der Waals surface area contributed by atoms with Gasteiger partial charge in [-0.1, -0.05) is 6.92 Å². The number of ether oxygens (including phenoxy) is 1. The van der Waals surface area contributed by atoms with Gasteiger partial charge < -0.3 is 15.0 Å². The number of hydrogen-bond acceptors (Lipinski definition) is 4. The molecule has 0 unspecified atom stereocenters. The smallest absolute Gasteiger partial charge is 0.151 e. The number of aromatic nitrogens is 1. The van der Waals surface area contributed by atoms with E-state index in [9.17, 15) is 0 Å². The zero-order valence-electron chi connectivity index (χ0n) is 11.0. The molecule has 4 nitrogen and oxygen atoms in total. The summed E-state index contributed by atoms with van der Waals surface area (Å²) in [5.41, 5.74) is 1.45. The van der Waals surface area contributed by atoms with Gasteiger partial charge in [-0.05, 0) is 25.0 Å². The lowest BCUT2D eigenvalue weighted by molar-refractivity contribution is -0.0924. The second-order valence-corrected chi connectivity index (χ2v) is 5.73. The van der Waals surface area contributed by atoms with E-state index in [0.29, 0.717) is 0 Å². The van der Waals surface area contributed by atoms with Crippen molar-refractivity contribution in [1.82, 2.24) is 4.98 Å².